The smallest absolute Gasteiger partial charge is 0.313 e. The van der Waals surface area contributed by atoms with Crippen LogP contribution in [0.2, 0.25) is 0 Å². The van der Waals surface area contributed by atoms with E-state index in [0.29, 0.717) is 12.8 Å². The standard InChI is InChI=1S/C11H19O3/c1-5-6-7-9(12)14-10(13)8-11(2,3)4/h1,5-8H2,2-4H3. The van der Waals surface area contributed by atoms with Gasteiger partial charge < -0.3 is 4.74 Å². The predicted octanol–water partition coefficient (Wildman–Crippen LogP) is 2.50. The molecule has 3 nitrogen and oxygen atoms in total. The van der Waals surface area contributed by atoms with Crippen LogP contribution in [0.15, 0.2) is 0 Å². The normalized spacial score (nSPS) is 11.1. The lowest BCUT2D eigenvalue weighted by Gasteiger charge is -2.15. The fourth-order valence-electron chi connectivity index (χ4n) is 0.916. The molecule has 0 fully saturated rings. The van der Waals surface area contributed by atoms with Gasteiger partial charge in [0.1, 0.15) is 0 Å². The highest BCUT2D eigenvalue weighted by molar-refractivity contribution is 5.85. The largest absolute Gasteiger partial charge is 0.393 e. The molecule has 14 heavy (non-hydrogen) atoms. The van der Waals surface area contributed by atoms with Gasteiger partial charge >= 0.3 is 11.9 Å². The van der Waals surface area contributed by atoms with Crippen LogP contribution >= 0.6 is 0 Å². The minimum absolute atomic E-state index is 0.135. The number of unbranched alkanes of at least 4 members (excludes halogenated alkanes) is 1. The third-order valence-corrected chi connectivity index (χ3v) is 1.53. The van der Waals surface area contributed by atoms with Crippen LogP contribution in [0.4, 0.5) is 0 Å². The molecule has 81 valence electrons. The molecule has 0 aromatic rings. The summed E-state index contributed by atoms with van der Waals surface area (Å²) in [6.07, 6.45) is 1.90. The molecule has 0 unspecified atom stereocenters. The molecule has 0 aliphatic rings. The summed E-state index contributed by atoms with van der Waals surface area (Å²) in [5, 5.41) is 0. The molecule has 0 aromatic carbocycles. The second-order valence-corrected chi connectivity index (χ2v) is 4.54. The van der Waals surface area contributed by atoms with E-state index < -0.39 is 11.9 Å². The van der Waals surface area contributed by atoms with Gasteiger partial charge in [0.2, 0.25) is 0 Å². The first-order chi connectivity index (χ1) is 6.35. The van der Waals surface area contributed by atoms with Crippen LogP contribution in [-0.4, -0.2) is 11.9 Å². The number of carbonyl (C=O) groups excluding carboxylic acids is 2. The average molecular weight is 199 g/mol. The van der Waals surface area contributed by atoms with E-state index in [1.165, 1.54) is 0 Å². The predicted molar refractivity (Wildman–Crippen MR) is 54.4 cm³/mol. The average Bonchev–Trinajstić information content (AvgIpc) is 1.96. The number of carbonyl (C=O) groups is 2. The first-order valence-electron chi connectivity index (χ1n) is 4.88. The van der Waals surface area contributed by atoms with E-state index in [9.17, 15) is 9.59 Å². The fraction of sp³-hybridized carbons (Fsp3) is 0.727. The Morgan fingerprint density at radius 2 is 1.79 bits per heavy atom. The second-order valence-electron chi connectivity index (χ2n) is 4.54. The monoisotopic (exact) mass is 199 g/mol. The summed E-state index contributed by atoms with van der Waals surface area (Å²) in [4.78, 5) is 22.2. The molecule has 0 bridgehead atoms. The molecule has 0 amide bonds. The van der Waals surface area contributed by atoms with Crippen LogP contribution in [-0.2, 0) is 14.3 Å². The van der Waals surface area contributed by atoms with Crippen LogP contribution in [0.25, 0.3) is 0 Å². The highest BCUT2D eigenvalue weighted by Crippen LogP contribution is 2.19. The van der Waals surface area contributed by atoms with E-state index >= 15 is 0 Å². The first kappa shape index (κ1) is 13.1. The maximum Gasteiger partial charge on any atom is 0.313 e. The number of hydrogen-bond acceptors (Lipinski definition) is 3. The topological polar surface area (TPSA) is 43.4 Å². The van der Waals surface area contributed by atoms with Gasteiger partial charge in [-0.3, -0.25) is 9.59 Å². The molecule has 0 aliphatic carbocycles. The zero-order chi connectivity index (χ0) is 11.2. The van der Waals surface area contributed by atoms with Gasteiger partial charge in [-0.05, 0) is 11.8 Å². The molecule has 3 heteroatoms. The van der Waals surface area contributed by atoms with Crippen LogP contribution in [0.5, 0.6) is 0 Å². The number of ether oxygens (including phenoxy) is 1. The molecule has 0 aliphatic heterocycles. The third-order valence-electron chi connectivity index (χ3n) is 1.53. The Hall–Kier alpha value is -0.860. The summed E-state index contributed by atoms with van der Waals surface area (Å²) < 4.78 is 4.62. The molecule has 1 radical (unpaired) electrons. The van der Waals surface area contributed by atoms with Gasteiger partial charge in [0, 0.05) is 6.42 Å². The highest BCUT2D eigenvalue weighted by Gasteiger charge is 2.19. The SMILES string of the molecule is [CH2]CCCC(=O)OC(=O)CC(C)(C)C. The second kappa shape index (κ2) is 5.78. The first-order valence-corrected chi connectivity index (χ1v) is 4.88. The molecule has 0 saturated carbocycles. The molecule has 0 aromatic heterocycles. The zero-order valence-electron chi connectivity index (χ0n) is 9.26. The summed E-state index contributed by atoms with van der Waals surface area (Å²) in [6, 6.07) is 0. The van der Waals surface area contributed by atoms with Crippen LogP contribution < -0.4 is 0 Å². The van der Waals surface area contributed by atoms with Gasteiger partial charge in [0.05, 0.1) is 6.42 Å². The van der Waals surface area contributed by atoms with Gasteiger partial charge in [-0.15, -0.1) is 0 Å². The van der Waals surface area contributed by atoms with Gasteiger partial charge in [-0.2, -0.15) is 0 Å². The Morgan fingerprint density at radius 3 is 2.21 bits per heavy atom. The van der Waals surface area contributed by atoms with Crippen LogP contribution in [0, 0.1) is 12.3 Å². The van der Waals surface area contributed by atoms with Gasteiger partial charge in [0.15, 0.2) is 0 Å². The van der Waals surface area contributed by atoms with E-state index in [4.69, 9.17) is 0 Å². The summed E-state index contributed by atoms with van der Waals surface area (Å²) in [7, 11) is 0. The van der Waals surface area contributed by atoms with Crippen molar-refractivity contribution in [3.63, 3.8) is 0 Å². The van der Waals surface area contributed by atoms with Crippen molar-refractivity contribution in [2.24, 2.45) is 5.41 Å². The van der Waals surface area contributed by atoms with Crippen molar-refractivity contribution in [3.8, 4) is 0 Å². The molecule has 0 heterocycles. The maximum absolute atomic E-state index is 11.2. The maximum atomic E-state index is 11.2. The van der Waals surface area contributed by atoms with E-state index in [2.05, 4.69) is 11.7 Å². The van der Waals surface area contributed by atoms with Crippen molar-refractivity contribution < 1.29 is 14.3 Å². The van der Waals surface area contributed by atoms with Gasteiger partial charge in [-0.25, -0.2) is 0 Å². The summed E-state index contributed by atoms with van der Waals surface area (Å²) in [5.74, 6) is -0.880. The molecule has 0 N–H and O–H groups in total. The Balaban J connectivity index is 3.78. The quantitative estimate of drug-likeness (QED) is 0.516. The Kier molecular flexibility index (Phi) is 5.43. The summed E-state index contributed by atoms with van der Waals surface area (Å²) >= 11 is 0. The summed E-state index contributed by atoms with van der Waals surface area (Å²) in [6.45, 7) is 9.38. The van der Waals surface area contributed by atoms with Crippen molar-refractivity contribution in [3.05, 3.63) is 6.92 Å². The molecular formula is C11H19O3. The van der Waals surface area contributed by atoms with Gasteiger partial charge in [-0.1, -0.05) is 34.1 Å². The van der Waals surface area contributed by atoms with E-state index in [0.717, 1.165) is 0 Å². The Morgan fingerprint density at radius 1 is 1.21 bits per heavy atom. The molecule has 0 saturated heterocycles. The minimum Gasteiger partial charge on any atom is -0.393 e. The van der Waals surface area contributed by atoms with Crippen LogP contribution in [0.1, 0.15) is 46.5 Å². The molecule has 0 spiro atoms. The summed E-state index contributed by atoms with van der Waals surface area (Å²) in [5.41, 5.74) is -0.135. The van der Waals surface area contributed by atoms with Crippen molar-refractivity contribution in [1.82, 2.24) is 0 Å². The Bertz CT molecular complexity index is 201. The van der Waals surface area contributed by atoms with Gasteiger partial charge in [0.25, 0.3) is 0 Å². The van der Waals surface area contributed by atoms with E-state index in [1.807, 2.05) is 20.8 Å². The van der Waals surface area contributed by atoms with Crippen molar-refractivity contribution >= 4 is 11.9 Å². The van der Waals surface area contributed by atoms with Crippen LogP contribution in [0.3, 0.4) is 0 Å². The number of hydrogen-bond donors (Lipinski definition) is 0. The highest BCUT2D eigenvalue weighted by atomic mass is 16.6. The minimum atomic E-state index is -0.442. The number of rotatable bonds is 4. The van der Waals surface area contributed by atoms with E-state index in [1.54, 1.807) is 0 Å². The molecule has 0 rings (SSSR count). The lowest BCUT2D eigenvalue weighted by Crippen LogP contribution is -2.18. The van der Waals surface area contributed by atoms with E-state index in [-0.39, 0.29) is 18.3 Å². The lowest BCUT2D eigenvalue weighted by atomic mass is 9.92. The molecular weight excluding hydrogens is 180 g/mol. The Labute approximate surface area is 85.8 Å². The van der Waals surface area contributed by atoms with Crippen molar-refractivity contribution in [1.29, 1.82) is 0 Å². The zero-order valence-corrected chi connectivity index (χ0v) is 9.26. The van der Waals surface area contributed by atoms with Crippen molar-refractivity contribution in [2.45, 2.75) is 46.5 Å². The van der Waals surface area contributed by atoms with Crippen molar-refractivity contribution in [2.75, 3.05) is 0 Å². The fourth-order valence-corrected chi connectivity index (χ4v) is 0.916. The third kappa shape index (κ3) is 7.77. The molecule has 0 atom stereocenters. The number of esters is 2. The lowest BCUT2D eigenvalue weighted by molar-refractivity contribution is -0.160.